The summed E-state index contributed by atoms with van der Waals surface area (Å²) in [4.78, 5) is 13.8. The maximum atomic E-state index is 12.6. The van der Waals surface area contributed by atoms with E-state index >= 15 is 0 Å². The van der Waals surface area contributed by atoms with Crippen LogP contribution >= 0.6 is 0 Å². The summed E-state index contributed by atoms with van der Waals surface area (Å²) in [6, 6.07) is 27.9. The molecule has 0 radical (unpaired) electrons. The molecule has 0 aliphatic rings. The molecular formula is C26H30N2O4S. The first-order valence-corrected chi connectivity index (χ1v) is 12.6. The van der Waals surface area contributed by atoms with Crippen LogP contribution < -0.4 is 4.72 Å². The second-order valence-electron chi connectivity index (χ2n) is 8.05. The monoisotopic (exact) mass is 466 g/mol. The van der Waals surface area contributed by atoms with E-state index in [1.54, 1.807) is 24.3 Å². The SMILES string of the molecule is O=C(O)[C@H](Cc1ccccc1)NS(=O)(=O)CCCN(Cc1ccccc1)Cc1ccccc1. The van der Waals surface area contributed by atoms with Crippen LogP contribution in [-0.4, -0.2) is 42.7 Å². The van der Waals surface area contributed by atoms with Crippen molar-refractivity contribution in [2.24, 2.45) is 0 Å². The third kappa shape index (κ3) is 8.81. The van der Waals surface area contributed by atoms with E-state index in [-0.39, 0.29) is 12.2 Å². The van der Waals surface area contributed by atoms with Gasteiger partial charge in [0.15, 0.2) is 0 Å². The summed E-state index contributed by atoms with van der Waals surface area (Å²) < 4.78 is 27.7. The number of sulfonamides is 1. The van der Waals surface area contributed by atoms with Crippen molar-refractivity contribution < 1.29 is 18.3 Å². The molecule has 3 rings (SSSR count). The summed E-state index contributed by atoms with van der Waals surface area (Å²) in [5.41, 5.74) is 3.08. The van der Waals surface area contributed by atoms with E-state index in [0.29, 0.717) is 26.1 Å². The van der Waals surface area contributed by atoms with Crippen molar-refractivity contribution in [3.63, 3.8) is 0 Å². The molecule has 3 aromatic carbocycles. The maximum Gasteiger partial charge on any atom is 0.322 e. The number of rotatable bonds is 13. The molecule has 33 heavy (non-hydrogen) atoms. The van der Waals surface area contributed by atoms with E-state index in [4.69, 9.17) is 0 Å². The van der Waals surface area contributed by atoms with E-state index in [2.05, 4.69) is 33.9 Å². The molecule has 0 amide bonds. The van der Waals surface area contributed by atoms with Crippen molar-refractivity contribution in [3.8, 4) is 0 Å². The molecule has 6 nitrogen and oxygen atoms in total. The Morgan fingerprint density at radius 1 is 0.788 bits per heavy atom. The highest BCUT2D eigenvalue weighted by molar-refractivity contribution is 7.89. The van der Waals surface area contributed by atoms with Gasteiger partial charge in [0.2, 0.25) is 10.0 Å². The number of hydrogen-bond acceptors (Lipinski definition) is 4. The lowest BCUT2D eigenvalue weighted by Gasteiger charge is -2.23. The molecule has 0 unspecified atom stereocenters. The lowest BCUT2D eigenvalue weighted by atomic mass is 10.1. The molecule has 7 heteroatoms. The molecule has 0 saturated carbocycles. The molecule has 3 aromatic rings. The number of carboxylic acid groups (broad SMARTS) is 1. The molecule has 174 valence electrons. The summed E-state index contributed by atoms with van der Waals surface area (Å²) in [7, 11) is -3.74. The van der Waals surface area contributed by atoms with Crippen molar-refractivity contribution in [2.45, 2.75) is 32.0 Å². The summed E-state index contributed by atoms with van der Waals surface area (Å²) in [5.74, 6) is -1.32. The third-order valence-electron chi connectivity index (χ3n) is 5.29. The minimum Gasteiger partial charge on any atom is -0.480 e. The minimum absolute atomic E-state index is 0.101. The number of carbonyl (C=O) groups is 1. The van der Waals surface area contributed by atoms with E-state index < -0.39 is 22.0 Å². The van der Waals surface area contributed by atoms with Gasteiger partial charge >= 0.3 is 5.97 Å². The molecule has 0 aliphatic heterocycles. The van der Waals surface area contributed by atoms with Gasteiger partial charge in [0.1, 0.15) is 6.04 Å². The Labute approximate surface area is 195 Å². The van der Waals surface area contributed by atoms with Crippen molar-refractivity contribution in [1.29, 1.82) is 0 Å². The molecule has 1 atom stereocenters. The predicted octanol–water partition coefficient (Wildman–Crippen LogP) is 3.69. The fourth-order valence-corrected chi connectivity index (χ4v) is 4.92. The van der Waals surface area contributed by atoms with Gasteiger partial charge in [0, 0.05) is 13.1 Å². The highest BCUT2D eigenvalue weighted by Gasteiger charge is 2.24. The molecular weight excluding hydrogens is 436 g/mol. The van der Waals surface area contributed by atoms with Gasteiger partial charge in [-0.2, -0.15) is 0 Å². The largest absolute Gasteiger partial charge is 0.480 e. The Balaban J connectivity index is 1.59. The average molecular weight is 467 g/mol. The molecule has 0 bridgehead atoms. The van der Waals surface area contributed by atoms with E-state index in [1.165, 1.54) is 0 Å². The van der Waals surface area contributed by atoms with Crippen LogP contribution in [0.2, 0.25) is 0 Å². The van der Waals surface area contributed by atoms with E-state index in [1.807, 2.05) is 42.5 Å². The summed E-state index contributed by atoms with van der Waals surface area (Å²) >= 11 is 0. The fourth-order valence-electron chi connectivity index (χ4n) is 3.68. The lowest BCUT2D eigenvalue weighted by Crippen LogP contribution is -2.43. The summed E-state index contributed by atoms with van der Waals surface area (Å²) in [6.07, 6.45) is 0.496. The zero-order valence-electron chi connectivity index (χ0n) is 18.5. The zero-order valence-corrected chi connectivity index (χ0v) is 19.3. The van der Waals surface area contributed by atoms with Crippen LogP contribution in [-0.2, 0) is 34.3 Å². The fraction of sp³-hybridized carbons (Fsp3) is 0.269. The summed E-state index contributed by atoms with van der Waals surface area (Å²) in [5, 5.41) is 9.50. The number of aliphatic carboxylic acids is 1. The minimum atomic E-state index is -3.74. The van der Waals surface area contributed by atoms with Gasteiger partial charge < -0.3 is 5.11 Å². The van der Waals surface area contributed by atoms with Gasteiger partial charge in [0.05, 0.1) is 5.75 Å². The first kappa shape index (κ1) is 24.6. The van der Waals surface area contributed by atoms with Gasteiger partial charge in [-0.3, -0.25) is 9.69 Å². The number of hydrogen-bond donors (Lipinski definition) is 2. The van der Waals surface area contributed by atoms with Crippen LogP contribution in [0.3, 0.4) is 0 Å². The lowest BCUT2D eigenvalue weighted by molar-refractivity contribution is -0.138. The molecule has 0 aromatic heterocycles. The van der Waals surface area contributed by atoms with Gasteiger partial charge in [-0.05, 0) is 36.1 Å². The van der Waals surface area contributed by atoms with Gasteiger partial charge in [-0.15, -0.1) is 0 Å². The van der Waals surface area contributed by atoms with Gasteiger partial charge in [0.25, 0.3) is 0 Å². The number of nitrogens with one attached hydrogen (secondary N) is 1. The maximum absolute atomic E-state index is 12.6. The topological polar surface area (TPSA) is 86.7 Å². The van der Waals surface area contributed by atoms with Crippen LogP contribution in [0.15, 0.2) is 91.0 Å². The average Bonchev–Trinajstić information content (AvgIpc) is 2.80. The quantitative estimate of drug-likeness (QED) is 0.401. The first-order valence-electron chi connectivity index (χ1n) is 11.0. The van der Waals surface area contributed by atoms with Gasteiger partial charge in [-0.1, -0.05) is 91.0 Å². The van der Waals surface area contributed by atoms with E-state index in [9.17, 15) is 18.3 Å². The predicted molar refractivity (Wildman–Crippen MR) is 130 cm³/mol. The smallest absolute Gasteiger partial charge is 0.322 e. The highest BCUT2D eigenvalue weighted by Crippen LogP contribution is 2.11. The van der Waals surface area contributed by atoms with Gasteiger partial charge in [-0.25, -0.2) is 13.1 Å². The van der Waals surface area contributed by atoms with Crippen LogP contribution in [0.5, 0.6) is 0 Å². The van der Waals surface area contributed by atoms with Crippen molar-refractivity contribution in [2.75, 3.05) is 12.3 Å². The summed E-state index contributed by atoms with van der Waals surface area (Å²) in [6.45, 7) is 1.98. The van der Waals surface area contributed by atoms with Crippen LogP contribution in [0.4, 0.5) is 0 Å². The molecule has 0 saturated heterocycles. The standard InChI is InChI=1S/C26H30N2O4S/c29-26(30)25(19-22-11-4-1-5-12-22)27-33(31,32)18-10-17-28(20-23-13-6-2-7-14-23)21-24-15-8-3-9-16-24/h1-9,11-16,25,27H,10,17-21H2,(H,29,30)/t25-/m0/s1. The Bertz CT molecular complexity index is 1050. The number of nitrogens with zero attached hydrogens (tertiary/aromatic N) is 1. The van der Waals surface area contributed by atoms with Crippen molar-refractivity contribution in [3.05, 3.63) is 108 Å². The Morgan fingerprint density at radius 3 is 1.70 bits per heavy atom. The molecule has 0 aliphatic carbocycles. The number of benzene rings is 3. The molecule has 2 N–H and O–H groups in total. The number of carboxylic acids is 1. The van der Waals surface area contributed by atoms with Crippen molar-refractivity contribution >= 4 is 16.0 Å². The zero-order chi connectivity index (χ0) is 23.5. The normalized spacial score (nSPS) is 12.5. The first-order chi connectivity index (χ1) is 15.9. The van der Waals surface area contributed by atoms with Crippen molar-refractivity contribution in [1.82, 2.24) is 9.62 Å². The molecule has 0 spiro atoms. The van der Waals surface area contributed by atoms with Crippen LogP contribution in [0.25, 0.3) is 0 Å². The Hall–Kier alpha value is -3.00. The highest BCUT2D eigenvalue weighted by atomic mass is 32.2. The van der Waals surface area contributed by atoms with Crippen LogP contribution in [0, 0.1) is 0 Å². The second-order valence-corrected chi connectivity index (χ2v) is 9.93. The molecule has 0 fully saturated rings. The van der Waals surface area contributed by atoms with Crippen LogP contribution in [0.1, 0.15) is 23.1 Å². The Kier molecular flexibility index (Phi) is 9.18. The second kappa shape index (κ2) is 12.3. The Morgan fingerprint density at radius 2 is 1.24 bits per heavy atom. The third-order valence-corrected chi connectivity index (χ3v) is 6.76. The molecule has 0 heterocycles. The van der Waals surface area contributed by atoms with E-state index in [0.717, 1.165) is 16.7 Å².